The topological polar surface area (TPSA) is 81.8 Å². The molecule has 0 spiro atoms. The Morgan fingerprint density at radius 2 is 1.73 bits per heavy atom. The minimum absolute atomic E-state index is 0.0644. The molecule has 2 aromatic rings. The first-order valence-electron chi connectivity index (χ1n) is 13.7. The van der Waals surface area contributed by atoms with E-state index in [1.165, 1.54) is 22.4 Å². The number of benzene rings is 2. The fourth-order valence-corrected chi connectivity index (χ4v) is 5.48. The summed E-state index contributed by atoms with van der Waals surface area (Å²) in [5, 5.41) is 8.17. The van der Waals surface area contributed by atoms with Gasteiger partial charge < -0.3 is 15.5 Å². The van der Waals surface area contributed by atoms with Crippen LogP contribution in [0.2, 0.25) is 0 Å². The lowest BCUT2D eigenvalue weighted by atomic mass is 9.83. The summed E-state index contributed by atoms with van der Waals surface area (Å²) in [4.78, 5) is 41.7. The maximum atomic E-state index is 13.3. The summed E-state index contributed by atoms with van der Waals surface area (Å²) in [5.41, 5.74) is 1.34. The van der Waals surface area contributed by atoms with Crippen LogP contribution in [0, 0.1) is 5.92 Å². The van der Waals surface area contributed by atoms with E-state index >= 15 is 0 Å². The standard InChI is InChI=1S/C30H40N4O3/c1-3-28(35)31-17-8-18-32-29(36)21-34(30(37)24-11-6-12-24)25-15-19-33(20-16-25)22(2)26-14-7-10-23-9-4-5-13-27(23)26/h3-5,7,9-10,13-14,22,24-25H,1,6,8,11-12,15-21H2,2H3,(H,31,35)(H,32,36). The lowest BCUT2D eigenvalue weighted by Crippen LogP contribution is -2.53. The van der Waals surface area contributed by atoms with Crippen LogP contribution < -0.4 is 10.6 Å². The predicted molar refractivity (Wildman–Crippen MR) is 147 cm³/mol. The molecule has 7 heteroatoms. The fraction of sp³-hybridized carbons (Fsp3) is 0.500. The molecule has 4 rings (SSSR count). The van der Waals surface area contributed by atoms with E-state index in [0.29, 0.717) is 19.5 Å². The minimum Gasteiger partial charge on any atom is -0.354 e. The SMILES string of the molecule is C=CC(=O)NCCCNC(=O)CN(C(=O)C1CCC1)C1CCN(C(C)c2cccc3ccccc23)CC1. The first-order chi connectivity index (χ1) is 18.0. The molecule has 1 heterocycles. The maximum Gasteiger partial charge on any atom is 0.243 e. The second-order valence-corrected chi connectivity index (χ2v) is 10.3. The van der Waals surface area contributed by atoms with Gasteiger partial charge in [-0.25, -0.2) is 0 Å². The fourth-order valence-electron chi connectivity index (χ4n) is 5.48. The molecule has 2 aromatic carbocycles. The molecule has 3 amide bonds. The smallest absolute Gasteiger partial charge is 0.243 e. The highest BCUT2D eigenvalue weighted by molar-refractivity contribution is 5.87. The number of nitrogens with one attached hydrogen (secondary N) is 2. The quantitative estimate of drug-likeness (QED) is 0.360. The summed E-state index contributed by atoms with van der Waals surface area (Å²) in [6, 6.07) is 15.4. The first-order valence-corrected chi connectivity index (χ1v) is 13.7. The van der Waals surface area contributed by atoms with Gasteiger partial charge in [0.25, 0.3) is 0 Å². The minimum atomic E-state index is -0.218. The molecule has 2 aliphatic rings. The Hall–Kier alpha value is -3.19. The van der Waals surface area contributed by atoms with Crippen LogP contribution in [0.15, 0.2) is 55.1 Å². The monoisotopic (exact) mass is 504 g/mol. The highest BCUT2D eigenvalue weighted by atomic mass is 16.2. The molecule has 1 atom stereocenters. The number of nitrogens with zero attached hydrogens (tertiary/aromatic N) is 2. The van der Waals surface area contributed by atoms with E-state index < -0.39 is 0 Å². The van der Waals surface area contributed by atoms with Crippen molar-refractivity contribution in [3.63, 3.8) is 0 Å². The van der Waals surface area contributed by atoms with E-state index in [1.807, 2.05) is 4.90 Å². The molecule has 1 aliphatic carbocycles. The Kier molecular flexibility index (Phi) is 9.34. The molecular formula is C30H40N4O3. The molecule has 37 heavy (non-hydrogen) atoms. The van der Waals surface area contributed by atoms with Crippen LogP contribution in [0.4, 0.5) is 0 Å². The van der Waals surface area contributed by atoms with Crippen molar-refractivity contribution in [2.45, 2.75) is 57.5 Å². The van der Waals surface area contributed by atoms with Crippen LogP contribution in [-0.4, -0.2) is 66.3 Å². The number of carbonyl (C=O) groups is 3. The molecule has 1 unspecified atom stereocenters. The summed E-state index contributed by atoms with van der Waals surface area (Å²) in [6.45, 7) is 8.53. The van der Waals surface area contributed by atoms with E-state index in [-0.39, 0.29) is 42.3 Å². The number of carbonyl (C=O) groups excluding carboxylic acids is 3. The molecule has 1 saturated carbocycles. The summed E-state index contributed by atoms with van der Waals surface area (Å²) < 4.78 is 0. The van der Waals surface area contributed by atoms with E-state index in [9.17, 15) is 14.4 Å². The largest absolute Gasteiger partial charge is 0.354 e. The maximum absolute atomic E-state index is 13.3. The third-order valence-corrected chi connectivity index (χ3v) is 7.97. The Bertz CT molecular complexity index is 1100. The van der Waals surface area contributed by atoms with Crippen LogP contribution in [0.25, 0.3) is 10.8 Å². The summed E-state index contributed by atoms with van der Waals surface area (Å²) in [5.74, 6) is -0.145. The molecule has 7 nitrogen and oxygen atoms in total. The second-order valence-electron chi connectivity index (χ2n) is 10.3. The van der Waals surface area contributed by atoms with Crippen LogP contribution in [0.1, 0.15) is 57.1 Å². The van der Waals surface area contributed by atoms with Gasteiger partial charge in [-0.15, -0.1) is 0 Å². The summed E-state index contributed by atoms with van der Waals surface area (Å²) in [7, 11) is 0. The van der Waals surface area contributed by atoms with Crippen molar-refractivity contribution in [1.82, 2.24) is 20.4 Å². The predicted octanol–water partition coefficient (Wildman–Crippen LogP) is 3.80. The Morgan fingerprint density at radius 3 is 2.43 bits per heavy atom. The molecular weight excluding hydrogens is 464 g/mol. The molecule has 2 N–H and O–H groups in total. The van der Waals surface area contributed by atoms with Crippen molar-refractivity contribution in [3.8, 4) is 0 Å². The Morgan fingerprint density at radius 1 is 1.03 bits per heavy atom. The summed E-state index contributed by atoms with van der Waals surface area (Å²) in [6.07, 6.45) is 6.55. The average Bonchev–Trinajstić information content (AvgIpc) is 2.89. The van der Waals surface area contributed by atoms with Gasteiger partial charge in [0.2, 0.25) is 17.7 Å². The van der Waals surface area contributed by atoms with E-state index in [2.05, 4.69) is 71.5 Å². The van der Waals surface area contributed by atoms with E-state index in [0.717, 1.165) is 45.2 Å². The zero-order valence-corrected chi connectivity index (χ0v) is 22.0. The number of likely N-dealkylation sites (tertiary alicyclic amines) is 1. The zero-order chi connectivity index (χ0) is 26.2. The van der Waals surface area contributed by atoms with E-state index in [1.54, 1.807) is 0 Å². The van der Waals surface area contributed by atoms with Gasteiger partial charge in [-0.1, -0.05) is 55.5 Å². The molecule has 0 radical (unpaired) electrons. The van der Waals surface area contributed by atoms with Crippen molar-refractivity contribution in [3.05, 3.63) is 60.7 Å². The van der Waals surface area contributed by atoms with Crippen LogP contribution in [0.3, 0.4) is 0 Å². The van der Waals surface area contributed by atoms with Gasteiger partial charge in [-0.3, -0.25) is 19.3 Å². The number of fused-ring (bicyclic) bond motifs is 1. The molecule has 2 fully saturated rings. The molecule has 1 saturated heterocycles. The lowest BCUT2D eigenvalue weighted by Gasteiger charge is -2.42. The lowest BCUT2D eigenvalue weighted by molar-refractivity contribution is -0.145. The van der Waals surface area contributed by atoms with Crippen LogP contribution in [0.5, 0.6) is 0 Å². The van der Waals surface area contributed by atoms with Crippen LogP contribution >= 0.6 is 0 Å². The van der Waals surface area contributed by atoms with Crippen molar-refractivity contribution >= 4 is 28.5 Å². The van der Waals surface area contributed by atoms with Crippen molar-refractivity contribution in [2.75, 3.05) is 32.7 Å². The zero-order valence-electron chi connectivity index (χ0n) is 22.0. The Labute approximate surface area is 220 Å². The number of piperidine rings is 1. The van der Waals surface area contributed by atoms with Gasteiger partial charge >= 0.3 is 0 Å². The normalized spacial score (nSPS) is 17.5. The molecule has 198 valence electrons. The van der Waals surface area contributed by atoms with Gasteiger partial charge in [0.1, 0.15) is 0 Å². The summed E-state index contributed by atoms with van der Waals surface area (Å²) >= 11 is 0. The van der Waals surface area contributed by atoms with Gasteiger partial charge in [0.15, 0.2) is 0 Å². The van der Waals surface area contributed by atoms with Gasteiger partial charge in [0.05, 0.1) is 6.54 Å². The van der Waals surface area contributed by atoms with Crippen molar-refractivity contribution < 1.29 is 14.4 Å². The number of hydrogen-bond acceptors (Lipinski definition) is 4. The average molecular weight is 505 g/mol. The van der Waals surface area contributed by atoms with Crippen LogP contribution in [-0.2, 0) is 14.4 Å². The number of rotatable bonds is 11. The van der Waals surface area contributed by atoms with Gasteiger partial charge in [-0.05, 0) is 61.4 Å². The second kappa shape index (κ2) is 12.9. The first kappa shape index (κ1) is 26.9. The highest BCUT2D eigenvalue weighted by Gasteiger charge is 2.36. The molecule has 0 aromatic heterocycles. The van der Waals surface area contributed by atoms with Gasteiger partial charge in [0, 0.05) is 44.2 Å². The number of hydrogen-bond donors (Lipinski definition) is 2. The third-order valence-electron chi connectivity index (χ3n) is 7.97. The molecule has 1 aliphatic heterocycles. The third kappa shape index (κ3) is 6.77. The molecule has 0 bridgehead atoms. The van der Waals surface area contributed by atoms with E-state index in [4.69, 9.17) is 0 Å². The number of amides is 3. The van der Waals surface area contributed by atoms with Gasteiger partial charge in [-0.2, -0.15) is 0 Å². The Balaban J connectivity index is 1.33. The highest BCUT2D eigenvalue weighted by Crippen LogP contribution is 2.33. The van der Waals surface area contributed by atoms with Crippen molar-refractivity contribution in [2.24, 2.45) is 5.92 Å². The van der Waals surface area contributed by atoms with Crippen molar-refractivity contribution in [1.29, 1.82) is 0 Å².